The van der Waals surface area contributed by atoms with Gasteiger partial charge in [0.2, 0.25) is 0 Å². The van der Waals surface area contributed by atoms with Crippen LogP contribution in [0.25, 0.3) is 0 Å². The monoisotopic (exact) mass is 264 g/mol. The van der Waals surface area contributed by atoms with Gasteiger partial charge in [-0.25, -0.2) is 0 Å². The fraction of sp³-hybridized carbons (Fsp3) is 0.600. The fourth-order valence-electron chi connectivity index (χ4n) is 2.30. The molecule has 0 saturated heterocycles. The molecule has 1 N–H and O–H groups in total. The predicted molar refractivity (Wildman–Crippen MR) is 78.3 cm³/mol. The maximum absolute atomic E-state index is 10.9. The predicted octanol–water partition coefficient (Wildman–Crippen LogP) is 4.21. The van der Waals surface area contributed by atoms with Crippen molar-refractivity contribution in [3.05, 3.63) is 39.9 Å². The molecule has 1 atom stereocenters. The number of nitro groups is 1. The van der Waals surface area contributed by atoms with Crippen LogP contribution >= 0.6 is 0 Å². The lowest BCUT2D eigenvalue weighted by Crippen LogP contribution is -2.31. The van der Waals surface area contributed by atoms with Crippen molar-refractivity contribution < 1.29 is 4.92 Å². The number of rotatable bonds is 8. The maximum Gasteiger partial charge on any atom is 0.269 e. The van der Waals surface area contributed by atoms with E-state index in [0.29, 0.717) is 6.04 Å². The molecule has 19 heavy (non-hydrogen) atoms. The number of non-ortho nitro benzene ring substituents is 1. The fourth-order valence-corrected chi connectivity index (χ4v) is 2.30. The SMILES string of the molecule is CCCC(NC(CC)CC)c1cccc([N+](=O)[O-])c1. The van der Waals surface area contributed by atoms with Crippen LogP contribution in [0.4, 0.5) is 5.69 Å². The first-order chi connectivity index (χ1) is 9.12. The van der Waals surface area contributed by atoms with Gasteiger partial charge in [0.25, 0.3) is 5.69 Å². The number of hydrogen-bond acceptors (Lipinski definition) is 3. The number of hydrogen-bond donors (Lipinski definition) is 1. The van der Waals surface area contributed by atoms with Crippen molar-refractivity contribution in [2.45, 2.75) is 58.5 Å². The molecule has 0 fully saturated rings. The second-order valence-electron chi connectivity index (χ2n) is 4.87. The Hall–Kier alpha value is -1.42. The minimum Gasteiger partial charge on any atom is -0.307 e. The number of benzene rings is 1. The van der Waals surface area contributed by atoms with Crippen LogP contribution in [0.15, 0.2) is 24.3 Å². The summed E-state index contributed by atoms with van der Waals surface area (Å²) in [5.74, 6) is 0. The average Bonchev–Trinajstić information content (AvgIpc) is 2.43. The Morgan fingerprint density at radius 2 is 1.95 bits per heavy atom. The largest absolute Gasteiger partial charge is 0.307 e. The van der Waals surface area contributed by atoms with Crippen LogP contribution in [0.1, 0.15) is 58.1 Å². The summed E-state index contributed by atoms with van der Waals surface area (Å²) in [5.41, 5.74) is 1.19. The van der Waals surface area contributed by atoms with E-state index in [1.165, 1.54) is 0 Å². The highest BCUT2D eigenvalue weighted by atomic mass is 16.6. The molecule has 0 aliphatic heterocycles. The van der Waals surface area contributed by atoms with Crippen LogP contribution < -0.4 is 5.32 Å². The minimum absolute atomic E-state index is 0.171. The topological polar surface area (TPSA) is 55.2 Å². The lowest BCUT2D eigenvalue weighted by atomic mass is 9.99. The summed E-state index contributed by atoms with van der Waals surface area (Å²) in [7, 11) is 0. The van der Waals surface area contributed by atoms with Gasteiger partial charge in [0.1, 0.15) is 0 Å². The molecule has 4 heteroatoms. The van der Waals surface area contributed by atoms with E-state index in [1.54, 1.807) is 18.2 Å². The number of nitrogens with one attached hydrogen (secondary N) is 1. The first-order valence-electron chi connectivity index (χ1n) is 7.12. The van der Waals surface area contributed by atoms with Crippen molar-refractivity contribution in [1.82, 2.24) is 5.32 Å². The quantitative estimate of drug-likeness (QED) is 0.565. The zero-order valence-electron chi connectivity index (χ0n) is 12.1. The molecule has 0 aliphatic rings. The van der Waals surface area contributed by atoms with Gasteiger partial charge in [0, 0.05) is 24.2 Å². The van der Waals surface area contributed by atoms with Crippen LogP contribution in [0.3, 0.4) is 0 Å². The maximum atomic E-state index is 10.9. The van der Waals surface area contributed by atoms with Crippen molar-refractivity contribution in [1.29, 1.82) is 0 Å². The Morgan fingerprint density at radius 1 is 1.26 bits per heavy atom. The van der Waals surface area contributed by atoms with Crippen LogP contribution in [-0.2, 0) is 0 Å². The minimum atomic E-state index is -0.330. The molecule has 0 spiro atoms. The molecule has 1 rings (SSSR count). The molecule has 0 amide bonds. The van der Waals surface area contributed by atoms with Crippen molar-refractivity contribution in [2.75, 3.05) is 0 Å². The molecule has 0 radical (unpaired) electrons. The van der Waals surface area contributed by atoms with Crippen molar-refractivity contribution in [3.8, 4) is 0 Å². The van der Waals surface area contributed by atoms with Gasteiger partial charge >= 0.3 is 0 Å². The summed E-state index contributed by atoms with van der Waals surface area (Å²) < 4.78 is 0. The van der Waals surface area contributed by atoms with Crippen LogP contribution in [-0.4, -0.2) is 11.0 Å². The van der Waals surface area contributed by atoms with E-state index < -0.39 is 0 Å². The summed E-state index contributed by atoms with van der Waals surface area (Å²) in [6.45, 7) is 6.47. The standard InChI is InChI=1S/C15H24N2O2/c1-4-8-15(16-13(5-2)6-3)12-9-7-10-14(11-12)17(18)19/h7,9-11,13,15-16H,4-6,8H2,1-3H3. The highest BCUT2D eigenvalue weighted by Gasteiger charge is 2.16. The van der Waals surface area contributed by atoms with E-state index in [-0.39, 0.29) is 16.7 Å². The van der Waals surface area contributed by atoms with Crippen LogP contribution in [0.5, 0.6) is 0 Å². The summed E-state index contributed by atoms with van der Waals surface area (Å²) in [6, 6.07) is 7.65. The van der Waals surface area contributed by atoms with E-state index in [9.17, 15) is 10.1 Å². The van der Waals surface area contributed by atoms with Gasteiger partial charge in [-0.3, -0.25) is 10.1 Å². The van der Waals surface area contributed by atoms with Gasteiger partial charge < -0.3 is 5.32 Å². The Labute approximate surface area is 115 Å². The Kier molecular flexibility index (Phi) is 6.50. The van der Waals surface area contributed by atoms with Crippen LogP contribution in [0, 0.1) is 10.1 Å². The van der Waals surface area contributed by atoms with Gasteiger partial charge in [-0.05, 0) is 24.8 Å². The molecular formula is C15H24N2O2. The third-order valence-electron chi connectivity index (χ3n) is 3.48. The highest BCUT2D eigenvalue weighted by Crippen LogP contribution is 2.24. The summed E-state index contributed by atoms with van der Waals surface area (Å²) >= 11 is 0. The Bertz CT molecular complexity index is 403. The van der Waals surface area contributed by atoms with Crippen LogP contribution in [0.2, 0.25) is 0 Å². The molecule has 0 bridgehead atoms. The Balaban J connectivity index is 2.91. The van der Waals surface area contributed by atoms with Crippen molar-refractivity contribution in [2.24, 2.45) is 0 Å². The van der Waals surface area contributed by atoms with E-state index >= 15 is 0 Å². The lowest BCUT2D eigenvalue weighted by molar-refractivity contribution is -0.384. The van der Waals surface area contributed by atoms with Crippen molar-refractivity contribution in [3.63, 3.8) is 0 Å². The number of nitrogens with zero attached hydrogens (tertiary/aromatic N) is 1. The Morgan fingerprint density at radius 3 is 2.47 bits per heavy atom. The smallest absolute Gasteiger partial charge is 0.269 e. The molecule has 1 aromatic rings. The van der Waals surface area contributed by atoms with Gasteiger partial charge in [-0.1, -0.05) is 39.3 Å². The molecule has 0 aromatic heterocycles. The van der Waals surface area contributed by atoms with Gasteiger partial charge in [0.05, 0.1) is 4.92 Å². The van der Waals surface area contributed by atoms with Gasteiger partial charge in [-0.2, -0.15) is 0 Å². The van der Waals surface area contributed by atoms with Crippen molar-refractivity contribution >= 4 is 5.69 Å². The second kappa shape index (κ2) is 7.89. The third kappa shape index (κ3) is 4.63. The lowest BCUT2D eigenvalue weighted by Gasteiger charge is -2.24. The van der Waals surface area contributed by atoms with Gasteiger partial charge in [-0.15, -0.1) is 0 Å². The normalized spacial score (nSPS) is 12.6. The van der Waals surface area contributed by atoms with Gasteiger partial charge in [0.15, 0.2) is 0 Å². The number of nitro benzene ring substituents is 1. The molecule has 106 valence electrons. The van der Waals surface area contributed by atoms with E-state index in [1.807, 2.05) is 6.07 Å². The summed E-state index contributed by atoms with van der Waals surface area (Å²) in [6.07, 6.45) is 4.20. The first-order valence-corrected chi connectivity index (χ1v) is 7.12. The average molecular weight is 264 g/mol. The molecule has 1 aromatic carbocycles. The summed E-state index contributed by atoms with van der Waals surface area (Å²) in [4.78, 5) is 10.5. The third-order valence-corrected chi connectivity index (χ3v) is 3.48. The molecule has 4 nitrogen and oxygen atoms in total. The second-order valence-corrected chi connectivity index (χ2v) is 4.87. The summed E-state index contributed by atoms with van der Waals surface area (Å²) in [5, 5.41) is 14.5. The molecule has 0 heterocycles. The van der Waals surface area contributed by atoms with E-state index in [4.69, 9.17) is 0 Å². The van der Waals surface area contributed by atoms with E-state index in [0.717, 1.165) is 31.2 Å². The molecule has 0 saturated carbocycles. The zero-order chi connectivity index (χ0) is 14.3. The molecule has 0 aliphatic carbocycles. The van der Waals surface area contributed by atoms with E-state index in [2.05, 4.69) is 26.1 Å². The zero-order valence-corrected chi connectivity index (χ0v) is 12.1. The molecular weight excluding hydrogens is 240 g/mol. The first kappa shape index (κ1) is 15.6. The molecule has 1 unspecified atom stereocenters. The highest BCUT2D eigenvalue weighted by molar-refractivity contribution is 5.35.